The van der Waals surface area contributed by atoms with Gasteiger partial charge in [0.1, 0.15) is 0 Å². The topological polar surface area (TPSA) is 29.5 Å². The predicted octanol–water partition coefficient (Wildman–Crippen LogP) is 1.49. The molecule has 0 radical (unpaired) electrons. The Hall–Kier alpha value is -1.58. The summed E-state index contributed by atoms with van der Waals surface area (Å²) in [5, 5.41) is 9.79. The summed E-state index contributed by atoms with van der Waals surface area (Å²) in [6, 6.07) is 17.7. The smallest absolute Gasteiger partial charge is 0.423 e. The van der Waals surface area contributed by atoms with Gasteiger partial charge in [-0.05, 0) is 16.6 Å². The van der Waals surface area contributed by atoms with Crippen LogP contribution in [0.4, 0.5) is 0 Å². The molecule has 1 atom stereocenters. The second kappa shape index (κ2) is 3.78. The van der Waals surface area contributed by atoms with Crippen molar-refractivity contribution < 1.29 is 9.68 Å². The van der Waals surface area contributed by atoms with E-state index in [1.165, 1.54) is 0 Å². The molecule has 1 heterocycles. The fourth-order valence-electron chi connectivity index (χ4n) is 2.14. The summed E-state index contributed by atoms with van der Waals surface area (Å²) in [7, 11) is -0.804. The van der Waals surface area contributed by atoms with E-state index in [1.54, 1.807) is 0 Å². The molecule has 0 amide bonds. The van der Waals surface area contributed by atoms with E-state index in [4.69, 9.17) is 4.65 Å². The molecule has 1 aliphatic rings. The minimum atomic E-state index is -0.804. The lowest BCUT2D eigenvalue weighted by Gasteiger charge is -2.12. The first-order chi connectivity index (χ1) is 7.86. The van der Waals surface area contributed by atoms with Crippen molar-refractivity contribution in [2.24, 2.45) is 0 Å². The zero-order valence-corrected chi connectivity index (χ0v) is 8.71. The monoisotopic (exact) mass is 210 g/mol. The third kappa shape index (κ3) is 1.45. The van der Waals surface area contributed by atoms with Gasteiger partial charge in [0.05, 0.1) is 6.10 Å². The molecule has 0 unspecified atom stereocenters. The third-order valence-electron chi connectivity index (χ3n) is 2.91. The van der Waals surface area contributed by atoms with Gasteiger partial charge in [0, 0.05) is 0 Å². The molecular weight excluding hydrogens is 199 g/mol. The van der Waals surface area contributed by atoms with Gasteiger partial charge >= 0.3 is 7.12 Å². The highest BCUT2D eigenvalue weighted by Crippen LogP contribution is 2.29. The zero-order chi connectivity index (χ0) is 11.0. The number of rotatable bonds is 1. The van der Waals surface area contributed by atoms with Gasteiger partial charge in [-0.3, -0.25) is 0 Å². The Morgan fingerprint density at radius 3 is 2.44 bits per heavy atom. The summed E-state index contributed by atoms with van der Waals surface area (Å²) >= 11 is 0. The lowest BCUT2D eigenvalue weighted by molar-refractivity contribution is 0.226. The van der Waals surface area contributed by atoms with Crippen LogP contribution < -0.4 is 5.46 Å². The van der Waals surface area contributed by atoms with Crippen molar-refractivity contribution in [2.45, 2.75) is 6.10 Å². The molecule has 3 rings (SSSR count). The maximum absolute atomic E-state index is 9.79. The largest absolute Gasteiger partial charge is 0.492 e. The van der Waals surface area contributed by atoms with Crippen molar-refractivity contribution in [1.82, 2.24) is 0 Å². The zero-order valence-electron chi connectivity index (χ0n) is 8.71. The van der Waals surface area contributed by atoms with E-state index in [0.717, 1.165) is 16.6 Å². The van der Waals surface area contributed by atoms with Crippen LogP contribution in [0.5, 0.6) is 0 Å². The standard InChI is InChI=1S/C13H11BO2/c15-14-12-9-5-4-8-11(12)13(16-14)10-6-2-1-3-7-10/h1-9,13,15H/t13-/m0/s1. The average Bonchev–Trinajstić information content (AvgIpc) is 2.69. The molecule has 16 heavy (non-hydrogen) atoms. The summed E-state index contributed by atoms with van der Waals surface area (Å²) in [6.07, 6.45) is -0.146. The van der Waals surface area contributed by atoms with E-state index < -0.39 is 7.12 Å². The van der Waals surface area contributed by atoms with Crippen LogP contribution in [-0.2, 0) is 4.65 Å². The lowest BCUT2D eigenvalue weighted by atomic mass is 9.79. The van der Waals surface area contributed by atoms with Crippen LogP contribution in [0.25, 0.3) is 0 Å². The van der Waals surface area contributed by atoms with Crippen LogP contribution in [0.1, 0.15) is 17.2 Å². The Bertz CT molecular complexity index is 498. The van der Waals surface area contributed by atoms with Gasteiger partial charge in [0.2, 0.25) is 0 Å². The first-order valence-corrected chi connectivity index (χ1v) is 5.33. The van der Waals surface area contributed by atoms with E-state index in [9.17, 15) is 5.02 Å². The minimum absolute atomic E-state index is 0.146. The molecule has 0 saturated carbocycles. The SMILES string of the molecule is OB1O[C@@H](c2ccccc2)c2ccccc21. The van der Waals surface area contributed by atoms with Crippen molar-refractivity contribution in [2.75, 3.05) is 0 Å². The summed E-state index contributed by atoms with van der Waals surface area (Å²) < 4.78 is 5.57. The predicted molar refractivity (Wildman–Crippen MR) is 63.4 cm³/mol. The summed E-state index contributed by atoms with van der Waals surface area (Å²) in [5.41, 5.74) is 3.00. The van der Waals surface area contributed by atoms with E-state index in [2.05, 4.69) is 0 Å². The van der Waals surface area contributed by atoms with Gasteiger partial charge < -0.3 is 9.68 Å². The van der Waals surface area contributed by atoms with Crippen molar-refractivity contribution in [3.63, 3.8) is 0 Å². The van der Waals surface area contributed by atoms with Gasteiger partial charge in [0.15, 0.2) is 0 Å². The number of fused-ring (bicyclic) bond motifs is 1. The number of benzene rings is 2. The van der Waals surface area contributed by atoms with Crippen molar-refractivity contribution in [3.05, 3.63) is 65.7 Å². The van der Waals surface area contributed by atoms with Gasteiger partial charge in [-0.1, -0.05) is 54.6 Å². The highest BCUT2D eigenvalue weighted by atomic mass is 16.5. The lowest BCUT2D eigenvalue weighted by Crippen LogP contribution is -2.27. The van der Waals surface area contributed by atoms with Gasteiger partial charge in [0.25, 0.3) is 0 Å². The van der Waals surface area contributed by atoms with Crippen LogP contribution in [0.2, 0.25) is 0 Å². The fraction of sp³-hybridized carbons (Fsp3) is 0.0769. The molecule has 0 aromatic heterocycles. The average molecular weight is 210 g/mol. The number of hydrogen-bond acceptors (Lipinski definition) is 2. The Kier molecular flexibility index (Phi) is 2.27. The summed E-state index contributed by atoms with van der Waals surface area (Å²) in [5.74, 6) is 0. The number of hydrogen-bond donors (Lipinski definition) is 1. The van der Waals surface area contributed by atoms with Crippen LogP contribution in [0.15, 0.2) is 54.6 Å². The highest BCUT2D eigenvalue weighted by Gasteiger charge is 2.35. The molecule has 0 bridgehead atoms. The van der Waals surface area contributed by atoms with Crippen LogP contribution in [-0.4, -0.2) is 12.1 Å². The van der Waals surface area contributed by atoms with Crippen molar-refractivity contribution in [3.8, 4) is 0 Å². The second-order valence-corrected chi connectivity index (χ2v) is 3.91. The van der Waals surface area contributed by atoms with E-state index >= 15 is 0 Å². The van der Waals surface area contributed by atoms with Crippen LogP contribution in [0, 0.1) is 0 Å². The molecule has 2 aromatic carbocycles. The first kappa shape index (κ1) is 9.64. The molecule has 0 aliphatic carbocycles. The summed E-state index contributed by atoms with van der Waals surface area (Å²) in [4.78, 5) is 0. The second-order valence-electron chi connectivity index (χ2n) is 3.91. The van der Waals surface area contributed by atoms with Crippen LogP contribution in [0.3, 0.4) is 0 Å². The van der Waals surface area contributed by atoms with Crippen LogP contribution >= 0.6 is 0 Å². The maximum Gasteiger partial charge on any atom is 0.492 e. The summed E-state index contributed by atoms with van der Waals surface area (Å²) in [6.45, 7) is 0. The Morgan fingerprint density at radius 2 is 1.62 bits per heavy atom. The van der Waals surface area contributed by atoms with E-state index in [1.807, 2.05) is 54.6 Å². The van der Waals surface area contributed by atoms with Gasteiger partial charge in [-0.25, -0.2) is 0 Å². The Morgan fingerprint density at radius 1 is 0.938 bits per heavy atom. The van der Waals surface area contributed by atoms with Gasteiger partial charge in [-0.2, -0.15) is 0 Å². The molecule has 0 saturated heterocycles. The fourth-order valence-corrected chi connectivity index (χ4v) is 2.14. The minimum Gasteiger partial charge on any atom is -0.423 e. The highest BCUT2D eigenvalue weighted by molar-refractivity contribution is 6.61. The third-order valence-corrected chi connectivity index (χ3v) is 2.91. The molecular formula is C13H11BO2. The Labute approximate surface area is 94.6 Å². The Balaban J connectivity index is 2.07. The first-order valence-electron chi connectivity index (χ1n) is 5.33. The van der Waals surface area contributed by atoms with E-state index in [0.29, 0.717) is 0 Å². The van der Waals surface area contributed by atoms with Crippen molar-refractivity contribution in [1.29, 1.82) is 0 Å². The maximum atomic E-state index is 9.79. The van der Waals surface area contributed by atoms with E-state index in [-0.39, 0.29) is 6.10 Å². The van der Waals surface area contributed by atoms with Crippen molar-refractivity contribution >= 4 is 12.6 Å². The molecule has 0 spiro atoms. The molecule has 1 aliphatic heterocycles. The molecule has 2 nitrogen and oxygen atoms in total. The quantitative estimate of drug-likeness (QED) is 0.722. The molecule has 2 aromatic rings. The molecule has 1 N–H and O–H groups in total. The normalized spacial score (nSPS) is 18.6. The molecule has 3 heteroatoms. The van der Waals surface area contributed by atoms with Gasteiger partial charge in [-0.15, -0.1) is 0 Å². The molecule has 78 valence electrons. The molecule has 0 fully saturated rings.